The van der Waals surface area contributed by atoms with Gasteiger partial charge in [-0.2, -0.15) is 0 Å². The van der Waals surface area contributed by atoms with Crippen LogP contribution in [0.5, 0.6) is 11.5 Å². The van der Waals surface area contributed by atoms with E-state index >= 15 is 0 Å². The molecule has 37 heavy (non-hydrogen) atoms. The van der Waals surface area contributed by atoms with E-state index in [9.17, 15) is 24.6 Å². The second-order valence-corrected chi connectivity index (χ2v) is 11.7. The Morgan fingerprint density at radius 2 is 2.00 bits per heavy atom. The number of hydrogen-bond donors (Lipinski definition) is 3. The lowest BCUT2D eigenvalue weighted by Crippen LogP contribution is -2.57. The maximum atomic E-state index is 13.5. The molecule has 1 amide bonds. The molecular formula is C28H35NO8. The summed E-state index contributed by atoms with van der Waals surface area (Å²) in [6, 6.07) is 0.437. The van der Waals surface area contributed by atoms with Gasteiger partial charge in [0.25, 0.3) is 5.91 Å². The first-order valence-corrected chi connectivity index (χ1v) is 13.0. The average Bonchev–Trinajstić information content (AvgIpc) is 3.34. The van der Waals surface area contributed by atoms with Crippen LogP contribution in [0.3, 0.4) is 0 Å². The highest BCUT2D eigenvalue weighted by Crippen LogP contribution is 2.63. The first kappa shape index (κ1) is 25.6. The van der Waals surface area contributed by atoms with Crippen LogP contribution >= 0.6 is 0 Å². The highest BCUT2D eigenvalue weighted by molar-refractivity contribution is 6.02. The third-order valence-electron chi connectivity index (χ3n) is 8.73. The number of carbonyl (C=O) groups is 3. The summed E-state index contributed by atoms with van der Waals surface area (Å²) in [5.41, 5.74) is 1.42. The lowest BCUT2D eigenvalue weighted by atomic mass is 9.61. The van der Waals surface area contributed by atoms with Crippen molar-refractivity contribution in [2.45, 2.75) is 102 Å². The van der Waals surface area contributed by atoms with Crippen LogP contribution in [0.15, 0.2) is 17.7 Å². The van der Waals surface area contributed by atoms with Gasteiger partial charge in [-0.3, -0.25) is 9.59 Å². The first-order valence-electron chi connectivity index (χ1n) is 13.0. The summed E-state index contributed by atoms with van der Waals surface area (Å²) < 4.78 is 13.2. The molecule has 200 valence electrons. The van der Waals surface area contributed by atoms with E-state index in [2.05, 4.69) is 26.8 Å². The number of aliphatic carboxylic acids is 2. The number of carbonyl (C=O) groups excluding carboxylic acids is 1. The van der Waals surface area contributed by atoms with E-state index in [1.54, 1.807) is 13.0 Å². The minimum absolute atomic E-state index is 0.0114. The summed E-state index contributed by atoms with van der Waals surface area (Å²) in [6.45, 7) is 8.02. The van der Waals surface area contributed by atoms with Crippen LogP contribution in [0.4, 0.5) is 0 Å². The number of amides is 1. The molecular weight excluding hydrogens is 478 g/mol. The van der Waals surface area contributed by atoms with Gasteiger partial charge in [0.1, 0.15) is 29.2 Å². The van der Waals surface area contributed by atoms with Crippen LogP contribution in [0.25, 0.3) is 0 Å². The number of carboxylic acid groups (broad SMARTS) is 2. The van der Waals surface area contributed by atoms with Crippen molar-refractivity contribution < 1.29 is 39.2 Å². The molecule has 3 heterocycles. The highest BCUT2D eigenvalue weighted by atomic mass is 16.5. The third kappa shape index (κ3) is 4.07. The highest BCUT2D eigenvalue weighted by Gasteiger charge is 2.61. The molecule has 5 rings (SSSR count). The predicted molar refractivity (Wildman–Crippen MR) is 133 cm³/mol. The number of allylic oxidation sites excluding steroid dienone is 2. The summed E-state index contributed by atoms with van der Waals surface area (Å²) in [7, 11) is 0. The lowest BCUT2D eigenvalue weighted by molar-refractivity contribution is -0.143. The molecule has 0 aromatic heterocycles. The average molecular weight is 514 g/mol. The van der Waals surface area contributed by atoms with E-state index in [0.29, 0.717) is 29.0 Å². The maximum absolute atomic E-state index is 13.5. The van der Waals surface area contributed by atoms with Gasteiger partial charge in [-0.15, -0.1) is 0 Å². The van der Waals surface area contributed by atoms with Crippen molar-refractivity contribution in [2.24, 2.45) is 5.92 Å². The number of fused-ring (bicyclic) bond motifs is 2. The van der Waals surface area contributed by atoms with Crippen LogP contribution in [-0.4, -0.2) is 61.4 Å². The van der Waals surface area contributed by atoms with Gasteiger partial charge in [-0.1, -0.05) is 11.6 Å². The van der Waals surface area contributed by atoms with E-state index in [1.165, 1.54) is 10.5 Å². The molecule has 3 aliphatic heterocycles. The zero-order valence-corrected chi connectivity index (χ0v) is 21.7. The normalized spacial score (nSPS) is 31.6. The second-order valence-electron chi connectivity index (χ2n) is 11.7. The van der Waals surface area contributed by atoms with Crippen molar-refractivity contribution in [1.29, 1.82) is 0 Å². The summed E-state index contributed by atoms with van der Waals surface area (Å²) in [4.78, 5) is 37.8. The molecule has 0 bridgehead atoms. The zero-order chi connectivity index (χ0) is 26.9. The summed E-state index contributed by atoms with van der Waals surface area (Å²) in [6.07, 6.45) is 4.09. The van der Waals surface area contributed by atoms with Crippen molar-refractivity contribution in [3.8, 4) is 11.5 Å². The van der Waals surface area contributed by atoms with Gasteiger partial charge in [-0.25, -0.2) is 4.79 Å². The molecule has 1 saturated carbocycles. The minimum atomic E-state index is -1.27. The Morgan fingerprint density at radius 1 is 1.27 bits per heavy atom. The number of hydrogen-bond acceptors (Lipinski definition) is 6. The Balaban J connectivity index is 1.57. The second kappa shape index (κ2) is 8.75. The fraction of sp³-hybridized carbons (Fsp3) is 0.607. The molecule has 0 unspecified atom stereocenters. The van der Waals surface area contributed by atoms with Crippen molar-refractivity contribution in [3.05, 3.63) is 34.4 Å². The van der Waals surface area contributed by atoms with Gasteiger partial charge in [0.15, 0.2) is 0 Å². The molecule has 4 aliphatic rings. The first-order chi connectivity index (χ1) is 17.3. The zero-order valence-electron chi connectivity index (χ0n) is 21.7. The number of benzene rings is 1. The third-order valence-corrected chi connectivity index (χ3v) is 8.73. The van der Waals surface area contributed by atoms with Crippen LogP contribution in [-0.2, 0) is 16.1 Å². The van der Waals surface area contributed by atoms with Gasteiger partial charge < -0.3 is 29.7 Å². The number of nitrogens with zero attached hydrogens (tertiary/aromatic N) is 1. The van der Waals surface area contributed by atoms with E-state index in [1.807, 2.05) is 0 Å². The Kier molecular flexibility index (Phi) is 6.05. The SMILES string of the molecule is CC(C)=CCC[C@@]1(C)Oc2cc3c(c4c2[C@@H]2[C@H]1CC[C@@](C)(O)[C@H]2O4)CN([C@@H](CCC(=O)O)C(=O)O)C3=O. The standard InChI is InChI=1S/C28H35NO8/c1-14(2)6-5-10-28(4)17-9-11-27(3,35)24-21(17)22-19(37-28)12-15-16(23(22)36-24)13-29(25(15)32)18(26(33)34)7-8-20(30)31/h6,12,17-18,21,24,35H,5,7-11,13H2,1-4H3,(H,30,31)(H,33,34)/t17-,18+,21+,24+,27-,28-/m1/s1. The Hall–Kier alpha value is -3.07. The van der Waals surface area contributed by atoms with E-state index in [-0.39, 0.29) is 31.2 Å². The van der Waals surface area contributed by atoms with Crippen LogP contribution < -0.4 is 9.47 Å². The summed E-state index contributed by atoms with van der Waals surface area (Å²) in [5.74, 6) is -1.76. The fourth-order valence-electron chi connectivity index (χ4n) is 6.84. The van der Waals surface area contributed by atoms with Crippen molar-refractivity contribution >= 4 is 17.8 Å². The van der Waals surface area contributed by atoms with Crippen molar-refractivity contribution in [2.75, 3.05) is 0 Å². The molecule has 1 aliphatic carbocycles. The Bertz CT molecular complexity index is 1200. The fourth-order valence-corrected chi connectivity index (χ4v) is 6.84. The van der Waals surface area contributed by atoms with Crippen molar-refractivity contribution in [3.63, 3.8) is 0 Å². The molecule has 6 atom stereocenters. The minimum Gasteiger partial charge on any atom is -0.487 e. The van der Waals surface area contributed by atoms with E-state index < -0.39 is 41.2 Å². The van der Waals surface area contributed by atoms with Crippen molar-refractivity contribution in [1.82, 2.24) is 4.90 Å². The topological polar surface area (TPSA) is 134 Å². The quantitative estimate of drug-likeness (QED) is 0.446. The Labute approximate surface area is 216 Å². The maximum Gasteiger partial charge on any atom is 0.326 e. The Morgan fingerprint density at radius 3 is 2.65 bits per heavy atom. The van der Waals surface area contributed by atoms with Gasteiger partial charge in [-0.05, 0) is 65.9 Å². The predicted octanol–water partition coefficient (Wildman–Crippen LogP) is 3.86. The van der Waals surface area contributed by atoms with Gasteiger partial charge >= 0.3 is 11.9 Å². The van der Waals surface area contributed by atoms with Crippen LogP contribution in [0, 0.1) is 5.92 Å². The molecule has 3 N–H and O–H groups in total. The molecule has 0 radical (unpaired) electrons. The van der Waals surface area contributed by atoms with E-state index in [0.717, 1.165) is 24.8 Å². The molecule has 1 aromatic carbocycles. The molecule has 1 fully saturated rings. The van der Waals surface area contributed by atoms with Gasteiger partial charge in [0, 0.05) is 29.4 Å². The van der Waals surface area contributed by atoms with E-state index in [4.69, 9.17) is 14.6 Å². The molecule has 1 aromatic rings. The smallest absolute Gasteiger partial charge is 0.326 e. The molecule has 9 nitrogen and oxygen atoms in total. The molecule has 9 heteroatoms. The largest absolute Gasteiger partial charge is 0.487 e. The molecule has 0 spiro atoms. The number of ether oxygens (including phenoxy) is 2. The lowest BCUT2D eigenvalue weighted by Gasteiger charge is -2.51. The number of aliphatic hydroxyl groups is 1. The number of carboxylic acids is 2. The van der Waals surface area contributed by atoms with Crippen LogP contribution in [0.1, 0.15) is 93.6 Å². The van der Waals surface area contributed by atoms with Crippen LogP contribution in [0.2, 0.25) is 0 Å². The molecule has 0 saturated heterocycles. The van der Waals surface area contributed by atoms with Gasteiger partial charge in [0.2, 0.25) is 0 Å². The monoisotopic (exact) mass is 513 g/mol. The summed E-state index contributed by atoms with van der Waals surface area (Å²) >= 11 is 0. The summed E-state index contributed by atoms with van der Waals surface area (Å²) in [5, 5.41) is 30.2. The number of rotatable bonds is 8. The van der Waals surface area contributed by atoms with Gasteiger partial charge in [0.05, 0.1) is 17.7 Å².